The summed E-state index contributed by atoms with van der Waals surface area (Å²) in [6.07, 6.45) is 0. The molecular weight excluding hydrogens is 432 g/mol. The molecule has 12 heteroatoms. The minimum absolute atomic E-state index is 0.136. The van der Waals surface area contributed by atoms with E-state index < -0.39 is 16.0 Å². The van der Waals surface area contributed by atoms with Gasteiger partial charge in [-0.25, -0.2) is 21.9 Å². The zero-order chi connectivity index (χ0) is 21.6. The van der Waals surface area contributed by atoms with Crippen LogP contribution in [0.2, 0.25) is 0 Å². The summed E-state index contributed by atoms with van der Waals surface area (Å²) in [5.41, 5.74) is 1.39. The van der Waals surface area contributed by atoms with E-state index in [4.69, 9.17) is 13.6 Å². The van der Waals surface area contributed by atoms with Gasteiger partial charge in [-0.15, -0.1) is 5.10 Å². The number of sulfonamides is 1. The Morgan fingerprint density at radius 2 is 2.00 bits per heavy atom. The molecule has 0 unspecified atom stereocenters. The molecule has 0 atom stereocenters. The molecule has 0 aliphatic rings. The fourth-order valence-electron chi connectivity index (χ4n) is 2.91. The quantitative estimate of drug-likeness (QED) is 0.322. The first-order chi connectivity index (χ1) is 14.2. The summed E-state index contributed by atoms with van der Waals surface area (Å²) >= 11 is 1.31. The van der Waals surface area contributed by atoms with E-state index in [2.05, 4.69) is 10.2 Å². The van der Waals surface area contributed by atoms with Gasteiger partial charge in [0.15, 0.2) is 10.7 Å². The molecule has 0 fully saturated rings. The van der Waals surface area contributed by atoms with Gasteiger partial charge in [-0.1, -0.05) is 16.9 Å². The molecule has 0 aliphatic heterocycles. The Bertz CT molecular complexity index is 1370. The Kier molecular flexibility index (Phi) is 5.08. The molecule has 3 aromatic heterocycles. The maximum Gasteiger partial charge on any atom is 0.341 e. The van der Waals surface area contributed by atoms with Gasteiger partial charge in [0.1, 0.15) is 17.1 Å². The van der Waals surface area contributed by atoms with Crippen LogP contribution in [0.4, 0.5) is 0 Å². The number of carbonyl (C=O) groups excluding carboxylic acids is 1. The van der Waals surface area contributed by atoms with Gasteiger partial charge in [0.05, 0.1) is 23.3 Å². The Labute approximate surface area is 175 Å². The van der Waals surface area contributed by atoms with Gasteiger partial charge in [0.25, 0.3) is 0 Å². The van der Waals surface area contributed by atoms with Crippen molar-refractivity contribution in [3.8, 4) is 0 Å². The highest BCUT2D eigenvalue weighted by atomic mass is 32.2. The van der Waals surface area contributed by atoms with Crippen molar-refractivity contribution >= 4 is 44.7 Å². The molecule has 158 valence electrons. The first kappa shape index (κ1) is 20.4. The van der Waals surface area contributed by atoms with Gasteiger partial charge in [-0.3, -0.25) is 0 Å². The highest BCUT2D eigenvalue weighted by Gasteiger charge is 2.22. The number of ether oxygens (including phenoxy) is 1. The molecule has 4 rings (SSSR count). The van der Waals surface area contributed by atoms with E-state index >= 15 is 0 Å². The summed E-state index contributed by atoms with van der Waals surface area (Å²) in [7, 11) is 0.645. The van der Waals surface area contributed by atoms with Crippen LogP contribution in [0.15, 0.2) is 43.2 Å². The van der Waals surface area contributed by atoms with Crippen molar-refractivity contribution < 1.29 is 26.8 Å². The van der Waals surface area contributed by atoms with Crippen molar-refractivity contribution in [2.75, 3.05) is 21.2 Å². The summed E-state index contributed by atoms with van der Waals surface area (Å²) in [4.78, 5) is 11.9. The standard InChI is InChI=1S/C18H18N4O6S2/c1-10-13(16(23)26-4)7-11(27-10)9-29-18-20-19-17-22(18)14-8-12(5-6-15(14)28-17)30(24,25)21(2)3/h5-8H,9H2,1-4H3. The van der Waals surface area contributed by atoms with E-state index in [0.29, 0.717) is 39.1 Å². The van der Waals surface area contributed by atoms with Crippen molar-refractivity contribution in [2.24, 2.45) is 0 Å². The van der Waals surface area contributed by atoms with E-state index in [1.54, 1.807) is 23.5 Å². The zero-order valence-electron chi connectivity index (χ0n) is 16.6. The number of nitrogens with zero attached hydrogens (tertiary/aromatic N) is 4. The van der Waals surface area contributed by atoms with Gasteiger partial charge in [0.2, 0.25) is 10.0 Å². The number of fused-ring (bicyclic) bond motifs is 3. The molecule has 0 spiro atoms. The van der Waals surface area contributed by atoms with E-state index in [0.717, 1.165) is 4.31 Å². The summed E-state index contributed by atoms with van der Waals surface area (Å²) < 4.78 is 43.8. The molecule has 0 bridgehead atoms. The number of hydrogen-bond acceptors (Lipinski definition) is 9. The number of aryl methyl sites for hydroxylation is 1. The molecule has 0 N–H and O–H groups in total. The lowest BCUT2D eigenvalue weighted by molar-refractivity contribution is 0.0598. The van der Waals surface area contributed by atoms with E-state index in [9.17, 15) is 13.2 Å². The number of rotatable bonds is 6. The first-order valence-corrected chi connectivity index (χ1v) is 11.2. The second-order valence-corrected chi connectivity index (χ2v) is 9.68. The average molecular weight is 450 g/mol. The third-order valence-electron chi connectivity index (χ3n) is 4.47. The number of aromatic nitrogens is 3. The van der Waals surface area contributed by atoms with Crippen LogP contribution in [-0.2, 0) is 20.5 Å². The Morgan fingerprint density at radius 1 is 1.23 bits per heavy atom. The van der Waals surface area contributed by atoms with Crippen molar-refractivity contribution in [1.29, 1.82) is 0 Å². The zero-order valence-corrected chi connectivity index (χ0v) is 18.2. The third kappa shape index (κ3) is 3.36. The highest BCUT2D eigenvalue weighted by molar-refractivity contribution is 7.98. The number of hydrogen-bond donors (Lipinski definition) is 0. The minimum atomic E-state index is -3.61. The molecule has 0 radical (unpaired) electrons. The van der Waals surface area contributed by atoms with Crippen LogP contribution in [-0.4, -0.2) is 54.5 Å². The summed E-state index contributed by atoms with van der Waals surface area (Å²) in [6.45, 7) is 1.69. The van der Waals surface area contributed by atoms with Gasteiger partial charge < -0.3 is 13.6 Å². The molecule has 4 aromatic rings. The van der Waals surface area contributed by atoms with Crippen LogP contribution in [0.25, 0.3) is 16.9 Å². The van der Waals surface area contributed by atoms with E-state index in [1.165, 1.54) is 45.1 Å². The average Bonchev–Trinajstić information content (AvgIpc) is 3.38. The normalized spacial score (nSPS) is 12.3. The molecular formula is C18H18N4O6S2. The van der Waals surface area contributed by atoms with Crippen LogP contribution in [0.1, 0.15) is 21.9 Å². The van der Waals surface area contributed by atoms with Crippen molar-refractivity contribution in [3.63, 3.8) is 0 Å². The number of benzene rings is 1. The van der Waals surface area contributed by atoms with Gasteiger partial charge >= 0.3 is 11.8 Å². The Morgan fingerprint density at radius 3 is 2.70 bits per heavy atom. The van der Waals surface area contributed by atoms with Crippen LogP contribution < -0.4 is 0 Å². The highest BCUT2D eigenvalue weighted by Crippen LogP contribution is 2.30. The summed E-state index contributed by atoms with van der Waals surface area (Å²) in [5.74, 6) is 1.20. The summed E-state index contributed by atoms with van der Waals surface area (Å²) in [6, 6.07) is 6.23. The molecule has 3 heterocycles. The molecule has 30 heavy (non-hydrogen) atoms. The van der Waals surface area contributed by atoms with Crippen LogP contribution in [0.3, 0.4) is 0 Å². The monoisotopic (exact) mass is 450 g/mol. The first-order valence-electron chi connectivity index (χ1n) is 8.73. The summed E-state index contributed by atoms with van der Waals surface area (Å²) in [5, 5.41) is 8.63. The third-order valence-corrected chi connectivity index (χ3v) is 7.23. The SMILES string of the molecule is COC(=O)c1cc(CSc2nnc3oc4ccc(S(=O)(=O)N(C)C)cc4n23)oc1C. The lowest BCUT2D eigenvalue weighted by Crippen LogP contribution is -2.22. The molecule has 0 amide bonds. The van der Waals surface area contributed by atoms with Crippen LogP contribution in [0, 0.1) is 6.92 Å². The maximum absolute atomic E-state index is 12.5. The number of oxazole rings is 1. The lowest BCUT2D eigenvalue weighted by Gasteiger charge is -2.10. The smallest absolute Gasteiger partial charge is 0.341 e. The van der Waals surface area contributed by atoms with Crippen LogP contribution >= 0.6 is 11.8 Å². The molecule has 0 saturated heterocycles. The van der Waals surface area contributed by atoms with E-state index in [1.807, 2.05) is 0 Å². The molecule has 1 aromatic carbocycles. The largest absolute Gasteiger partial charge is 0.465 e. The predicted molar refractivity (Wildman–Crippen MR) is 108 cm³/mol. The fraction of sp³-hybridized carbons (Fsp3) is 0.278. The molecule has 0 saturated carbocycles. The number of carbonyl (C=O) groups is 1. The number of methoxy groups -OCH3 is 1. The molecule has 0 aliphatic carbocycles. The number of esters is 1. The lowest BCUT2D eigenvalue weighted by atomic mass is 10.2. The fourth-order valence-corrected chi connectivity index (χ4v) is 4.65. The number of thioether (sulfide) groups is 1. The topological polar surface area (TPSA) is 120 Å². The van der Waals surface area contributed by atoms with Gasteiger partial charge in [-0.2, -0.15) is 0 Å². The van der Waals surface area contributed by atoms with Gasteiger partial charge in [-0.05, 0) is 31.2 Å². The predicted octanol–water partition coefficient (Wildman–Crippen LogP) is 2.71. The van der Waals surface area contributed by atoms with Crippen molar-refractivity contribution in [1.82, 2.24) is 18.9 Å². The van der Waals surface area contributed by atoms with Crippen LogP contribution in [0.5, 0.6) is 0 Å². The maximum atomic E-state index is 12.5. The number of furan rings is 1. The second kappa shape index (κ2) is 7.45. The van der Waals surface area contributed by atoms with E-state index in [-0.39, 0.29) is 10.7 Å². The second-order valence-electron chi connectivity index (χ2n) is 6.58. The van der Waals surface area contributed by atoms with Gasteiger partial charge in [0, 0.05) is 14.1 Å². The van der Waals surface area contributed by atoms with Crippen molar-refractivity contribution in [3.05, 3.63) is 41.3 Å². The van der Waals surface area contributed by atoms with Crippen molar-refractivity contribution in [2.45, 2.75) is 22.7 Å². The minimum Gasteiger partial charge on any atom is -0.465 e. The molecule has 10 nitrogen and oxygen atoms in total. The Hall–Kier alpha value is -2.83. The Balaban J connectivity index is 1.69.